The molecule has 0 saturated carbocycles. The molecule has 0 saturated heterocycles. The fourth-order valence-corrected chi connectivity index (χ4v) is 2.74. The lowest BCUT2D eigenvalue weighted by atomic mass is 10.1. The van der Waals surface area contributed by atoms with Crippen LogP contribution in [0, 0.1) is 12.8 Å². The zero-order valence-corrected chi connectivity index (χ0v) is 11.7. The Bertz CT molecular complexity index is 517. The standard InChI is InChI=1S/C13H19N3S/c1-5-14-12-10-7-9(4)17-13(10)16-11(15-12)6-8(2)3/h7-8H,5-6H2,1-4H3,(H,14,15,16). The van der Waals surface area contributed by atoms with E-state index < -0.39 is 0 Å². The molecule has 2 heterocycles. The first-order valence-corrected chi connectivity index (χ1v) is 6.92. The zero-order valence-electron chi connectivity index (χ0n) is 10.9. The van der Waals surface area contributed by atoms with Crippen molar-refractivity contribution in [1.29, 1.82) is 0 Å². The van der Waals surface area contributed by atoms with Gasteiger partial charge >= 0.3 is 0 Å². The number of hydrogen-bond acceptors (Lipinski definition) is 4. The van der Waals surface area contributed by atoms with Crippen LogP contribution in [0.2, 0.25) is 0 Å². The lowest BCUT2D eigenvalue weighted by Gasteiger charge is -2.08. The van der Waals surface area contributed by atoms with Crippen molar-refractivity contribution in [3.63, 3.8) is 0 Å². The first kappa shape index (κ1) is 12.3. The number of aromatic nitrogens is 2. The average Bonchev–Trinajstić information content (AvgIpc) is 2.58. The van der Waals surface area contributed by atoms with E-state index >= 15 is 0 Å². The molecule has 0 aliphatic rings. The van der Waals surface area contributed by atoms with Crippen molar-refractivity contribution in [1.82, 2.24) is 9.97 Å². The van der Waals surface area contributed by atoms with Crippen LogP contribution in [-0.2, 0) is 6.42 Å². The van der Waals surface area contributed by atoms with Gasteiger partial charge in [0.05, 0.1) is 5.39 Å². The summed E-state index contributed by atoms with van der Waals surface area (Å²) >= 11 is 1.74. The number of rotatable bonds is 4. The molecule has 17 heavy (non-hydrogen) atoms. The molecule has 0 radical (unpaired) electrons. The summed E-state index contributed by atoms with van der Waals surface area (Å²) in [6, 6.07) is 2.16. The minimum absolute atomic E-state index is 0.586. The number of anilines is 1. The maximum atomic E-state index is 4.65. The highest BCUT2D eigenvalue weighted by Crippen LogP contribution is 2.28. The first-order valence-electron chi connectivity index (χ1n) is 6.11. The molecular formula is C13H19N3S. The van der Waals surface area contributed by atoms with Crippen molar-refractivity contribution in [2.24, 2.45) is 5.92 Å². The number of fused-ring (bicyclic) bond motifs is 1. The summed E-state index contributed by atoms with van der Waals surface area (Å²) in [6.45, 7) is 9.49. The fraction of sp³-hybridized carbons (Fsp3) is 0.538. The van der Waals surface area contributed by atoms with Crippen molar-refractivity contribution >= 4 is 27.4 Å². The van der Waals surface area contributed by atoms with Crippen LogP contribution in [0.15, 0.2) is 6.07 Å². The van der Waals surface area contributed by atoms with Crippen LogP contribution < -0.4 is 5.32 Å². The third kappa shape index (κ3) is 2.75. The van der Waals surface area contributed by atoms with Gasteiger partial charge in [-0.1, -0.05) is 13.8 Å². The van der Waals surface area contributed by atoms with Gasteiger partial charge in [0.15, 0.2) is 0 Å². The van der Waals surface area contributed by atoms with Crippen LogP contribution in [0.25, 0.3) is 10.2 Å². The van der Waals surface area contributed by atoms with Crippen molar-refractivity contribution in [3.8, 4) is 0 Å². The molecule has 0 aliphatic heterocycles. The van der Waals surface area contributed by atoms with Crippen LogP contribution >= 0.6 is 11.3 Å². The number of thiophene rings is 1. The van der Waals surface area contributed by atoms with Gasteiger partial charge in [0, 0.05) is 17.8 Å². The van der Waals surface area contributed by atoms with Gasteiger partial charge in [-0.05, 0) is 25.8 Å². The fourth-order valence-electron chi connectivity index (χ4n) is 1.84. The Morgan fingerprint density at radius 1 is 1.35 bits per heavy atom. The van der Waals surface area contributed by atoms with E-state index in [-0.39, 0.29) is 0 Å². The van der Waals surface area contributed by atoms with Gasteiger partial charge in [-0.25, -0.2) is 9.97 Å². The summed E-state index contributed by atoms with van der Waals surface area (Å²) in [4.78, 5) is 11.7. The molecule has 0 bridgehead atoms. The largest absolute Gasteiger partial charge is 0.370 e. The Balaban J connectivity index is 2.49. The molecule has 0 aromatic carbocycles. The smallest absolute Gasteiger partial charge is 0.138 e. The zero-order chi connectivity index (χ0) is 12.4. The molecule has 4 heteroatoms. The predicted molar refractivity (Wildman–Crippen MR) is 74.9 cm³/mol. The monoisotopic (exact) mass is 249 g/mol. The van der Waals surface area contributed by atoms with Gasteiger partial charge < -0.3 is 5.32 Å². The second kappa shape index (κ2) is 5.00. The highest BCUT2D eigenvalue weighted by molar-refractivity contribution is 7.18. The SMILES string of the molecule is CCNc1nc(CC(C)C)nc2sc(C)cc12. The number of nitrogens with zero attached hydrogens (tertiary/aromatic N) is 2. The maximum Gasteiger partial charge on any atom is 0.138 e. The van der Waals surface area contributed by atoms with Crippen LogP contribution in [0.5, 0.6) is 0 Å². The first-order chi connectivity index (χ1) is 8.10. The van der Waals surface area contributed by atoms with Crippen LogP contribution in [-0.4, -0.2) is 16.5 Å². The van der Waals surface area contributed by atoms with Crippen molar-refractivity contribution in [2.75, 3.05) is 11.9 Å². The molecular weight excluding hydrogens is 230 g/mol. The van der Waals surface area contributed by atoms with Gasteiger partial charge in [-0.15, -0.1) is 11.3 Å². The van der Waals surface area contributed by atoms with Crippen molar-refractivity contribution in [3.05, 3.63) is 16.8 Å². The van der Waals surface area contributed by atoms with Crippen LogP contribution in [0.1, 0.15) is 31.5 Å². The Hall–Kier alpha value is -1.16. The lowest BCUT2D eigenvalue weighted by molar-refractivity contribution is 0.623. The van der Waals surface area contributed by atoms with Crippen LogP contribution in [0.3, 0.4) is 0 Å². The molecule has 0 spiro atoms. The van der Waals surface area contributed by atoms with Gasteiger partial charge in [-0.3, -0.25) is 0 Å². The Kier molecular flexibility index (Phi) is 3.62. The molecule has 2 aromatic heterocycles. The van der Waals surface area contributed by atoms with Gasteiger partial charge in [0.25, 0.3) is 0 Å². The minimum Gasteiger partial charge on any atom is -0.370 e. The van der Waals surface area contributed by atoms with E-state index in [0.29, 0.717) is 5.92 Å². The normalized spacial score (nSPS) is 11.4. The maximum absolute atomic E-state index is 4.65. The predicted octanol–water partition coefficient (Wildman–Crippen LogP) is 3.63. The average molecular weight is 249 g/mol. The molecule has 2 aromatic rings. The van der Waals surface area contributed by atoms with Crippen LogP contribution in [0.4, 0.5) is 5.82 Å². The Morgan fingerprint density at radius 3 is 2.76 bits per heavy atom. The quantitative estimate of drug-likeness (QED) is 0.899. The molecule has 92 valence electrons. The second-order valence-electron chi connectivity index (χ2n) is 4.69. The van der Waals surface area contributed by atoms with E-state index in [4.69, 9.17) is 0 Å². The van der Waals surface area contributed by atoms with Crippen molar-refractivity contribution in [2.45, 2.75) is 34.1 Å². The minimum atomic E-state index is 0.586. The highest BCUT2D eigenvalue weighted by atomic mass is 32.1. The van der Waals surface area contributed by atoms with Gasteiger partial charge in [0.2, 0.25) is 0 Å². The molecule has 2 rings (SSSR count). The van der Waals surface area contributed by atoms with Gasteiger partial charge in [0.1, 0.15) is 16.5 Å². The van der Waals surface area contributed by atoms with Crippen molar-refractivity contribution < 1.29 is 0 Å². The lowest BCUT2D eigenvalue weighted by Crippen LogP contribution is -2.06. The summed E-state index contributed by atoms with van der Waals surface area (Å²) in [5.74, 6) is 2.52. The summed E-state index contributed by atoms with van der Waals surface area (Å²) in [5.41, 5.74) is 0. The molecule has 0 atom stereocenters. The molecule has 0 aliphatic carbocycles. The molecule has 0 unspecified atom stereocenters. The summed E-state index contributed by atoms with van der Waals surface area (Å²) in [7, 11) is 0. The molecule has 0 amide bonds. The van der Waals surface area contributed by atoms with E-state index in [0.717, 1.165) is 34.8 Å². The van der Waals surface area contributed by atoms with Gasteiger partial charge in [-0.2, -0.15) is 0 Å². The van der Waals surface area contributed by atoms with E-state index in [9.17, 15) is 0 Å². The third-order valence-corrected chi connectivity index (χ3v) is 3.44. The summed E-state index contributed by atoms with van der Waals surface area (Å²) in [5, 5.41) is 4.49. The summed E-state index contributed by atoms with van der Waals surface area (Å²) in [6.07, 6.45) is 0.936. The second-order valence-corrected chi connectivity index (χ2v) is 5.93. The molecule has 1 N–H and O–H groups in total. The number of nitrogens with one attached hydrogen (secondary N) is 1. The Labute approximate surface area is 106 Å². The number of aryl methyl sites for hydroxylation is 1. The van der Waals surface area contributed by atoms with E-state index in [1.165, 1.54) is 4.88 Å². The topological polar surface area (TPSA) is 37.8 Å². The van der Waals surface area contributed by atoms with E-state index in [1.807, 2.05) is 0 Å². The third-order valence-electron chi connectivity index (χ3n) is 2.50. The van der Waals surface area contributed by atoms with E-state index in [2.05, 4.69) is 49.0 Å². The Morgan fingerprint density at radius 2 is 2.12 bits per heavy atom. The molecule has 0 fully saturated rings. The molecule has 3 nitrogen and oxygen atoms in total. The number of hydrogen-bond donors (Lipinski definition) is 1. The van der Waals surface area contributed by atoms with E-state index in [1.54, 1.807) is 11.3 Å². The summed E-state index contributed by atoms with van der Waals surface area (Å²) < 4.78 is 0. The highest BCUT2D eigenvalue weighted by Gasteiger charge is 2.10.